The predicted molar refractivity (Wildman–Crippen MR) is 75.3 cm³/mol. The van der Waals surface area contributed by atoms with Gasteiger partial charge in [0.1, 0.15) is 5.82 Å². The maximum atomic E-state index is 12.0. The third kappa shape index (κ3) is 3.00. The van der Waals surface area contributed by atoms with Crippen LogP contribution in [0.2, 0.25) is 5.02 Å². The fraction of sp³-hybridized carbons (Fsp3) is 0.571. The number of aromatic nitrogens is 1. The van der Waals surface area contributed by atoms with Crippen molar-refractivity contribution in [2.75, 3.05) is 18.0 Å². The number of amides is 1. The molecule has 1 aliphatic carbocycles. The Kier molecular flexibility index (Phi) is 3.60. The van der Waals surface area contributed by atoms with Crippen molar-refractivity contribution in [3.05, 3.63) is 23.4 Å². The number of hydrogen-bond donors (Lipinski definition) is 1. The summed E-state index contributed by atoms with van der Waals surface area (Å²) < 4.78 is 0. The molecule has 1 saturated carbocycles. The molecule has 2 aliphatic rings. The zero-order valence-corrected chi connectivity index (χ0v) is 11.6. The van der Waals surface area contributed by atoms with E-state index >= 15 is 0 Å². The van der Waals surface area contributed by atoms with E-state index in [2.05, 4.69) is 15.2 Å². The monoisotopic (exact) mass is 279 g/mol. The van der Waals surface area contributed by atoms with Crippen molar-refractivity contribution in [1.82, 2.24) is 10.3 Å². The molecular formula is C14H18ClN3O. The SMILES string of the molecule is O=C(NC1CC1)C1CCN(c2ncccc2Cl)CC1. The summed E-state index contributed by atoms with van der Waals surface area (Å²) in [5.74, 6) is 1.22. The van der Waals surface area contributed by atoms with Crippen molar-refractivity contribution in [3.63, 3.8) is 0 Å². The Morgan fingerprint density at radius 2 is 2.05 bits per heavy atom. The van der Waals surface area contributed by atoms with E-state index in [-0.39, 0.29) is 11.8 Å². The Balaban J connectivity index is 1.57. The second-order valence-corrected chi connectivity index (χ2v) is 5.76. The first-order valence-electron chi connectivity index (χ1n) is 6.90. The number of piperidine rings is 1. The summed E-state index contributed by atoms with van der Waals surface area (Å²) in [5, 5.41) is 3.77. The Bertz CT molecular complexity index is 468. The summed E-state index contributed by atoms with van der Waals surface area (Å²) >= 11 is 6.15. The normalized spacial score (nSPS) is 20.4. The van der Waals surface area contributed by atoms with Crippen LogP contribution >= 0.6 is 11.6 Å². The van der Waals surface area contributed by atoms with Crippen molar-refractivity contribution in [2.45, 2.75) is 31.7 Å². The van der Waals surface area contributed by atoms with Gasteiger partial charge in [0.25, 0.3) is 0 Å². The number of hydrogen-bond acceptors (Lipinski definition) is 3. The molecule has 1 saturated heterocycles. The number of nitrogens with one attached hydrogen (secondary N) is 1. The number of carbonyl (C=O) groups excluding carboxylic acids is 1. The van der Waals surface area contributed by atoms with Crippen LogP contribution in [0.5, 0.6) is 0 Å². The third-order valence-corrected chi connectivity index (χ3v) is 4.12. The van der Waals surface area contributed by atoms with Gasteiger partial charge in [-0.25, -0.2) is 4.98 Å². The molecule has 0 atom stereocenters. The zero-order chi connectivity index (χ0) is 13.2. The molecule has 1 aliphatic heterocycles. The fourth-order valence-electron chi connectivity index (χ4n) is 2.51. The van der Waals surface area contributed by atoms with Crippen LogP contribution in [0.3, 0.4) is 0 Å². The van der Waals surface area contributed by atoms with Gasteiger partial charge in [-0.2, -0.15) is 0 Å². The average molecular weight is 280 g/mol. The van der Waals surface area contributed by atoms with Crippen LogP contribution in [-0.2, 0) is 4.79 Å². The Hall–Kier alpha value is -1.29. The fourth-order valence-corrected chi connectivity index (χ4v) is 2.75. The molecule has 3 rings (SSSR count). The number of pyridine rings is 1. The van der Waals surface area contributed by atoms with Crippen LogP contribution in [0.25, 0.3) is 0 Å². The molecule has 5 heteroatoms. The van der Waals surface area contributed by atoms with E-state index in [1.165, 1.54) is 0 Å². The van der Waals surface area contributed by atoms with E-state index in [1.54, 1.807) is 6.20 Å². The van der Waals surface area contributed by atoms with E-state index in [9.17, 15) is 4.79 Å². The number of rotatable bonds is 3. The summed E-state index contributed by atoms with van der Waals surface area (Å²) in [6.45, 7) is 1.69. The molecule has 2 heterocycles. The zero-order valence-electron chi connectivity index (χ0n) is 10.8. The maximum absolute atomic E-state index is 12.0. The second kappa shape index (κ2) is 5.37. The van der Waals surface area contributed by atoms with Gasteiger partial charge in [-0.3, -0.25) is 4.79 Å². The van der Waals surface area contributed by atoms with Gasteiger partial charge in [-0.1, -0.05) is 11.6 Å². The van der Waals surface area contributed by atoms with Crippen LogP contribution in [0.1, 0.15) is 25.7 Å². The van der Waals surface area contributed by atoms with Gasteiger partial charge in [0.15, 0.2) is 0 Å². The molecule has 19 heavy (non-hydrogen) atoms. The molecule has 1 N–H and O–H groups in total. The molecular weight excluding hydrogens is 262 g/mol. The molecule has 1 aromatic heterocycles. The lowest BCUT2D eigenvalue weighted by Gasteiger charge is -2.32. The molecule has 2 fully saturated rings. The highest BCUT2D eigenvalue weighted by molar-refractivity contribution is 6.32. The maximum Gasteiger partial charge on any atom is 0.223 e. The predicted octanol–water partition coefficient (Wildman–Crippen LogP) is 2.23. The highest BCUT2D eigenvalue weighted by Gasteiger charge is 2.30. The van der Waals surface area contributed by atoms with Crippen molar-refractivity contribution >= 4 is 23.3 Å². The van der Waals surface area contributed by atoms with Crippen molar-refractivity contribution in [1.29, 1.82) is 0 Å². The highest BCUT2D eigenvalue weighted by Crippen LogP contribution is 2.28. The second-order valence-electron chi connectivity index (χ2n) is 5.35. The van der Waals surface area contributed by atoms with Crippen LogP contribution < -0.4 is 10.2 Å². The summed E-state index contributed by atoms with van der Waals surface area (Å²) in [6, 6.07) is 4.15. The Morgan fingerprint density at radius 3 is 2.68 bits per heavy atom. The first-order valence-corrected chi connectivity index (χ1v) is 7.27. The van der Waals surface area contributed by atoms with Crippen LogP contribution in [0, 0.1) is 5.92 Å². The summed E-state index contributed by atoms with van der Waals surface area (Å²) in [7, 11) is 0. The highest BCUT2D eigenvalue weighted by atomic mass is 35.5. The lowest BCUT2D eigenvalue weighted by molar-refractivity contribution is -0.125. The number of halogens is 1. The van der Waals surface area contributed by atoms with Gasteiger partial charge in [-0.05, 0) is 37.8 Å². The van der Waals surface area contributed by atoms with Gasteiger partial charge < -0.3 is 10.2 Å². The number of anilines is 1. The Morgan fingerprint density at radius 1 is 1.32 bits per heavy atom. The lowest BCUT2D eigenvalue weighted by atomic mass is 9.96. The first kappa shape index (κ1) is 12.7. The van der Waals surface area contributed by atoms with E-state index in [0.717, 1.165) is 44.6 Å². The third-order valence-electron chi connectivity index (χ3n) is 3.83. The quantitative estimate of drug-likeness (QED) is 0.923. The van der Waals surface area contributed by atoms with E-state index in [4.69, 9.17) is 11.6 Å². The smallest absolute Gasteiger partial charge is 0.223 e. The largest absolute Gasteiger partial charge is 0.355 e. The van der Waals surface area contributed by atoms with Crippen molar-refractivity contribution < 1.29 is 4.79 Å². The minimum atomic E-state index is 0.152. The van der Waals surface area contributed by atoms with Crippen LogP contribution in [-0.4, -0.2) is 30.0 Å². The summed E-state index contributed by atoms with van der Waals surface area (Å²) in [6.07, 6.45) is 5.81. The molecule has 1 aromatic rings. The van der Waals surface area contributed by atoms with Gasteiger partial charge >= 0.3 is 0 Å². The molecule has 0 unspecified atom stereocenters. The minimum absolute atomic E-state index is 0.152. The summed E-state index contributed by atoms with van der Waals surface area (Å²) in [4.78, 5) is 18.5. The van der Waals surface area contributed by atoms with E-state index < -0.39 is 0 Å². The van der Waals surface area contributed by atoms with Crippen LogP contribution in [0.15, 0.2) is 18.3 Å². The summed E-state index contributed by atoms with van der Waals surface area (Å²) in [5.41, 5.74) is 0. The van der Waals surface area contributed by atoms with E-state index in [0.29, 0.717) is 11.1 Å². The molecule has 0 spiro atoms. The molecule has 0 radical (unpaired) electrons. The average Bonchev–Trinajstić information content (AvgIpc) is 3.23. The minimum Gasteiger partial charge on any atom is -0.355 e. The van der Waals surface area contributed by atoms with Crippen LogP contribution in [0.4, 0.5) is 5.82 Å². The number of carbonyl (C=O) groups is 1. The topological polar surface area (TPSA) is 45.2 Å². The molecule has 0 bridgehead atoms. The van der Waals surface area contributed by atoms with Gasteiger partial charge in [0, 0.05) is 31.2 Å². The molecule has 0 aromatic carbocycles. The molecule has 1 amide bonds. The van der Waals surface area contributed by atoms with Gasteiger partial charge in [0.2, 0.25) is 5.91 Å². The first-order chi connectivity index (χ1) is 9.24. The van der Waals surface area contributed by atoms with Crippen molar-refractivity contribution in [3.8, 4) is 0 Å². The van der Waals surface area contributed by atoms with Gasteiger partial charge in [-0.15, -0.1) is 0 Å². The lowest BCUT2D eigenvalue weighted by Crippen LogP contribution is -2.41. The molecule has 4 nitrogen and oxygen atoms in total. The van der Waals surface area contributed by atoms with Crippen molar-refractivity contribution in [2.24, 2.45) is 5.92 Å². The molecule has 102 valence electrons. The Labute approximate surface area is 118 Å². The number of nitrogens with zero attached hydrogens (tertiary/aromatic N) is 2. The standard InChI is InChI=1S/C14H18ClN3O/c15-12-2-1-7-16-13(12)18-8-5-10(6-9-18)14(19)17-11-3-4-11/h1-2,7,10-11H,3-6,8-9H2,(H,17,19). The van der Waals surface area contributed by atoms with E-state index in [1.807, 2.05) is 12.1 Å². The van der Waals surface area contributed by atoms with Gasteiger partial charge in [0.05, 0.1) is 5.02 Å².